The second-order valence-electron chi connectivity index (χ2n) is 6.30. The molecule has 0 aliphatic rings. The predicted molar refractivity (Wildman–Crippen MR) is 106 cm³/mol. The third-order valence-corrected chi connectivity index (χ3v) is 4.89. The van der Waals surface area contributed by atoms with Crippen LogP contribution in [-0.2, 0) is 31.8 Å². The Bertz CT molecular complexity index is 970. The van der Waals surface area contributed by atoms with E-state index < -0.39 is 30.2 Å². The molecular weight excluding hydrogens is 441 g/mol. The number of nitrogens with zero attached hydrogens (tertiary/aromatic N) is 1. The van der Waals surface area contributed by atoms with Crippen molar-refractivity contribution in [2.24, 2.45) is 0 Å². The summed E-state index contributed by atoms with van der Waals surface area (Å²) in [5.41, 5.74) is -0.492. The van der Waals surface area contributed by atoms with E-state index >= 15 is 0 Å². The van der Waals surface area contributed by atoms with E-state index in [2.05, 4.69) is 5.32 Å². The Kier molecular flexibility index (Phi) is 8.63. The molecule has 0 saturated heterocycles. The number of benzene rings is 1. The molecule has 0 aliphatic heterocycles. The van der Waals surface area contributed by atoms with Gasteiger partial charge in [-0.3, -0.25) is 14.4 Å². The van der Waals surface area contributed by atoms with Crippen LogP contribution < -0.4 is 14.9 Å². The van der Waals surface area contributed by atoms with Gasteiger partial charge in [0.2, 0.25) is 0 Å². The van der Waals surface area contributed by atoms with Crippen molar-refractivity contribution in [3.8, 4) is 5.75 Å². The van der Waals surface area contributed by atoms with Gasteiger partial charge in [-0.05, 0) is 25.1 Å². The van der Waals surface area contributed by atoms with Gasteiger partial charge in [0, 0.05) is 24.7 Å². The molecule has 2 aromatic rings. The van der Waals surface area contributed by atoms with Crippen LogP contribution in [0.4, 0.5) is 18.9 Å². The fraction of sp³-hybridized carbons (Fsp3) is 0.421. The molecular formula is C19H21F3N2O6S. The Labute approximate surface area is 179 Å². The molecule has 0 radical (unpaired) electrons. The lowest BCUT2D eigenvalue weighted by molar-refractivity contribution is -0.147. The number of ether oxygens (including phenoxy) is 3. The van der Waals surface area contributed by atoms with E-state index in [0.29, 0.717) is 5.69 Å². The lowest BCUT2D eigenvalue weighted by Gasteiger charge is -2.15. The lowest BCUT2D eigenvalue weighted by atomic mass is 10.1. The summed E-state index contributed by atoms with van der Waals surface area (Å²) in [5, 5.41) is 3.91. The number of anilines is 1. The first kappa shape index (κ1) is 24.4. The normalized spacial score (nSPS) is 11.3. The lowest BCUT2D eigenvalue weighted by Crippen LogP contribution is -2.23. The number of rotatable bonds is 10. The molecule has 0 bridgehead atoms. The van der Waals surface area contributed by atoms with Gasteiger partial charge >= 0.3 is 17.0 Å². The largest absolute Gasteiger partial charge is 0.489 e. The standard InChI is InChI=1S/C19H21F3N2O6S/c1-12-11-31-18(27)24(12)6-5-17(26)30-10-16(25)23-14-9-13(19(20,21)22)3-4-15(14)29-8-7-28-2/h3-4,9,11H,5-8,10H2,1-2H3,(H,23,25). The highest BCUT2D eigenvalue weighted by atomic mass is 32.1. The van der Waals surface area contributed by atoms with Crippen molar-refractivity contribution in [1.82, 2.24) is 4.57 Å². The van der Waals surface area contributed by atoms with Gasteiger partial charge in [0.25, 0.3) is 5.91 Å². The number of carbonyl (C=O) groups is 2. The highest BCUT2D eigenvalue weighted by Crippen LogP contribution is 2.35. The third kappa shape index (κ3) is 7.40. The molecule has 8 nitrogen and oxygen atoms in total. The first-order valence-electron chi connectivity index (χ1n) is 9.05. The zero-order chi connectivity index (χ0) is 23.0. The maximum absolute atomic E-state index is 13.0. The summed E-state index contributed by atoms with van der Waals surface area (Å²) >= 11 is 1.00. The van der Waals surface area contributed by atoms with Gasteiger partial charge in [0.1, 0.15) is 12.4 Å². The van der Waals surface area contributed by atoms with Crippen LogP contribution >= 0.6 is 11.3 Å². The van der Waals surface area contributed by atoms with Crippen molar-refractivity contribution < 1.29 is 37.0 Å². The van der Waals surface area contributed by atoms with Gasteiger partial charge < -0.3 is 24.1 Å². The Balaban J connectivity index is 1.96. The number of aromatic nitrogens is 1. The van der Waals surface area contributed by atoms with E-state index in [1.807, 2.05) is 0 Å². The SMILES string of the molecule is COCCOc1ccc(C(F)(F)F)cc1NC(=O)COC(=O)CCn1c(C)csc1=O. The van der Waals surface area contributed by atoms with Crippen LogP contribution in [0.25, 0.3) is 0 Å². The number of aryl methyl sites for hydroxylation is 1. The number of thiazole rings is 1. The molecule has 12 heteroatoms. The average Bonchev–Trinajstić information content (AvgIpc) is 3.02. The average molecular weight is 462 g/mol. The van der Waals surface area contributed by atoms with Crippen molar-refractivity contribution >= 4 is 28.9 Å². The minimum absolute atomic E-state index is 0.0111. The zero-order valence-corrected chi connectivity index (χ0v) is 17.6. The van der Waals surface area contributed by atoms with E-state index in [0.717, 1.165) is 29.5 Å². The number of esters is 1. The third-order valence-electron chi connectivity index (χ3n) is 4.01. The number of carbonyl (C=O) groups excluding carboxylic acids is 2. The van der Waals surface area contributed by atoms with Gasteiger partial charge in [0.15, 0.2) is 6.61 Å². The van der Waals surface area contributed by atoms with Gasteiger partial charge in [-0.1, -0.05) is 11.3 Å². The molecule has 1 heterocycles. The second-order valence-corrected chi connectivity index (χ2v) is 7.12. The van der Waals surface area contributed by atoms with E-state index in [4.69, 9.17) is 14.2 Å². The van der Waals surface area contributed by atoms with Gasteiger partial charge in [0.05, 0.1) is 24.3 Å². The molecule has 170 valence electrons. The number of amides is 1. The molecule has 0 saturated carbocycles. The summed E-state index contributed by atoms with van der Waals surface area (Å²) < 4.78 is 55.4. The molecule has 1 amide bonds. The predicted octanol–water partition coefficient (Wildman–Crippen LogP) is 2.83. The first-order valence-corrected chi connectivity index (χ1v) is 9.93. The van der Waals surface area contributed by atoms with E-state index in [9.17, 15) is 27.6 Å². The second kappa shape index (κ2) is 11.0. The van der Waals surface area contributed by atoms with Crippen molar-refractivity contribution in [2.45, 2.75) is 26.1 Å². The summed E-state index contributed by atoms with van der Waals surface area (Å²) in [7, 11) is 1.43. The van der Waals surface area contributed by atoms with Crippen molar-refractivity contribution in [2.75, 3.05) is 32.2 Å². The summed E-state index contributed by atoms with van der Waals surface area (Å²) in [6.07, 6.45) is -4.76. The van der Waals surface area contributed by atoms with E-state index in [-0.39, 0.29) is 42.5 Å². The van der Waals surface area contributed by atoms with Crippen LogP contribution in [0.1, 0.15) is 17.7 Å². The molecule has 0 spiro atoms. The maximum Gasteiger partial charge on any atom is 0.416 e. The topological polar surface area (TPSA) is 95.9 Å². The molecule has 0 fully saturated rings. The van der Waals surface area contributed by atoms with Crippen molar-refractivity contribution in [3.05, 3.63) is 44.5 Å². The number of methoxy groups -OCH3 is 1. The monoisotopic (exact) mass is 462 g/mol. The first-order chi connectivity index (χ1) is 14.6. The highest BCUT2D eigenvalue weighted by Gasteiger charge is 2.31. The number of hydrogen-bond acceptors (Lipinski definition) is 7. The highest BCUT2D eigenvalue weighted by molar-refractivity contribution is 7.07. The van der Waals surface area contributed by atoms with Crippen LogP contribution in [-0.4, -0.2) is 43.4 Å². The molecule has 0 atom stereocenters. The summed E-state index contributed by atoms with van der Waals surface area (Å²) in [5.74, 6) is -1.56. The Morgan fingerprint density at radius 3 is 2.58 bits per heavy atom. The quantitative estimate of drug-likeness (QED) is 0.431. The van der Waals surface area contributed by atoms with Gasteiger partial charge in [-0.25, -0.2) is 0 Å². The fourth-order valence-corrected chi connectivity index (χ4v) is 3.21. The van der Waals surface area contributed by atoms with Gasteiger partial charge in [-0.15, -0.1) is 0 Å². The number of alkyl halides is 3. The van der Waals surface area contributed by atoms with E-state index in [1.165, 1.54) is 11.7 Å². The number of hydrogen-bond donors (Lipinski definition) is 1. The summed E-state index contributed by atoms with van der Waals surface area (Å²) in [6.45, 7) is 1.36. The van der Waals surface area contributed by atoms with Crippen LogP contribution in [0.15, 0.2) is 28.4 Å². The van der Waals surface area contributed by atoms with Crippen molar-refractivity contribution in [1.29, 1.82) is 0 Å². The molecule has 0 unspecified atom stereocenters. The Morgan fingerprint density at radius 2 is 1.97 bits per heavy atom. The van der Waals surface area contributed by atoms with Crippen LogP contribution in [0.3, 0.4) is 0 Å². The summed E-state index contributed by atoms with van der Waals surface area (Å²) in [6, 6.07) is 2.64. The number of halogens is 3. The van der Waals surface area contributed by atoms with Crippen LogP contribution in [0, 0.1) is 6.92 Å². The summed E-state index contributed by atoms with van der Waals surface area (Å²) in [4.78, 5) is 35.3. The molecule has 1 N–H and O–H groups in total. The van der Waals surface area contributed by atoms with Crippen molar-refractivity contribution in [3.63, 3.8) is 0 Å². The minimum atomic E-state index is -4.62. The van der Waals surface area contributed by atoms with Crippen LogP contribution in [0.2, 0.25) is 0 Å². The van der Waals surface area contributed by atoms with Gasteiger partial charge in [-0.2, -0.15) is 13.2 Å². The smallest absolute Gasteiger partial charge is 0.416 e. The molecule has 1 aromatic heterocycles. The molecule has 31 heavy (non-hydrogen) atoms. The maximum atomic E-state index is 13.0. The van der Waals surface area contributed by atoms with E-state index in [1.54, 1.807) is 12.3 Å². The number of nitrogens with one attached hydrogen (secondary N) is 1. The molecule has 2 rings (SSSR count). The Morgan fingerprint density at radius 1 is 1.23 bits per heavy atom. The minimum Gasteiger partial charge on any atom is -0.489 e. The Hall–Kier alpha value is -2.86. The zero-order valence-electron chi connectivity index (χ0n) is 16.8. The molecule has 0 aliphatic carbocycles. The van der Waals surface area contributed by atoms with Crippen LogP contribution in [0.5, 0.6) is 5.75 Å². The fourth-order valence-electron chi connectivity index (χ4n) is 2.45. The molecule has 1 aromatic carbocycles.